The molecule has 0 saturated heterocycles. The van der Waals surface area contributed by atoms with Gasteiger partial charge in [0.2, 0.25) is 11.7 Å². The van der Waals surface area contributed by atoms with Gasteiger partial charge in [0, 0.05) is 11.6 Å². The molecule has 0 bridgehead atoms. The lowest BCUT2D eigenvalue weighted by molar-refractivity contribution is 0.336. The number of likely N-dealkylation sites (N-methyl/N-ethyl adjacent to an activating group) is 1. The SMILES string of the molecule is CNC(C)C(C)c1nc(-c2cccc(F)c2)no1. The molecular formula is C13H16FN3O. The van der Waals surface area contributed by atoms with E-state index in [0.29, 0.717) is 17.3 Å². The first-order chi connectivity index (χ1) is 8.61. The van der Waals surface area contributed by atoms with Crippen molar-refractivity contribution in [3.63, 3.8) is 0 Å². The van der Waals surface area contributed by atoms with Crippen molar-refractivity contribution in [3.05, 3.63) is 36.0 Å². The van der Waals surface area contributed by atoms with Gasteiger partial charge in [-0.25, -0.2) is 4.39 Å². The molecule has 0 aliphatic heterocycles. The number of nitrogens with zero attached hydrogens (tertiary/aromatic N) is 2. The van der Waals surface area contributed by atoms with E-state index in [2.05, 4.69) is 15.5 Å². The second-order valence-corrected chi connectivity index (χ2v) is 4.33. The maximum Gasteiger partial charge on any atom is 0.231 e. The van der Waals surface area contributed by atoms with E-state index in [9.17, 15) is 4.39 Å². The van der Waals surface area contributed by atoms with E-state index in [1.54, 1.807) is 12.1 Å². The quantitative estimate of drug-likeness (QED) is 0.904. The lowest BCUT2D eigenvalue weighted by Gasteiger charge is -2.14. The van der Waals surface area contributed by atoms with Gasteiger partial charge in [-0.2, -0.15) is 4.98 Å². The summed E-state index contributed by atoms with van der Waals surface area (Å²) in [6, 6.07) is 6.38. The van der Waals surface area contributed by atoms with Crippen LogP contribution in [0.2, 0.25) is 0 Å². The van der Waals surface area contributed by atoms with Crippen LogP contribution in [0.25, 0.3) is 11.4 Å². The van der Waals surface area contributed by atoms with Crippen molar-refractivity contribution < 1.29 is 8.91 Å². The standard InChI is InChI=1S/C13H16FN3O/c1-8(9(2)15-3)13-16-12(17-18-13)10-5-4-6-11(14)7-10/h4-9,15H,1-3H3. The third-order valence-electron chi connectivity index (χ3n) is 3.12. The summed E-state index contributed by atoms with van der Waals surface area (Å²) >= 11 is 0. The number of hydrogen-bond acceptors (Lipinski definition) is 4. The molecule has 5 heteroatoms. The highest BCUT2D eigenvalue weighted by Gasteiger charge is 2.19. The number of halogens is 1. The molecule has 96 valence electrons. The van der Waals surface area contributed by atoms with Crippen LogP contribution in [-0.4, -0.2) is 23.2 Å². The van der Waals surface area contributed by atoms with E-state index < -0.39 is 0 Å². The molecule has 1 aromatic carbocycles. The largest absolute Gasteiger partial charge is 0.339 e. The third kappa shape index (κ3) is 2.56. The zero-order valence-corrected chi connectivity index (χ0v) is 10.6. The maximum atomic E-state index is 13.1. The zero-order chi connectivity index (χ0) is 13.1. The molecule has 0 saturated carbocycles. The van der Waals surface area contributed by atoms with Gasteiger partial charge in [-0.05, 0) is 26.1 Å². The Balaban J connectivity index is 2.25. The molecule has 2 rings (SSSR count). The van der Waals surface area contributed by atoms with E-state index in [0.717, 1.165) is 0 Å². The number of hydrogen-bond donors (Lipinski definition) is 1. The van der Waals surface area contributed by atoms with Gasteiger partial charge >= 0.3 is 0 Å². The van der Waals surface area contributed by atoms with Crippen LogP contribution >= 0.6 is 0 Å². The van der Waals surface area contributed by atoms with Crippen molar-refractivity contribution in [2.75, 3.05) is 7.05 Å². The average Bonchev–Trinajstić information content (AvgIpc) is 2.86. The first-order valence-corrected chi connectivity index (χ1v) is 5.88. The van der Waals surface area contributed by atoms with Crippen molar-refractivity contribution in [1.29, 1.82) is 0 Å². The van der Waals surface area contributed by atoms with Gasteiger partial charge in [0.05, 0.1) is 5.92 Å². The minimum atomic E-state index is -0.310. The number of aromatic nitrogens is 2. The molecule has 2 atom stereocenters. The molecule has 0 amide bonds. The summed E-state index contributed by atoms with van der Waals surface area (Å²) in [5.74, 6) is 0.760. The molecule has 2 unspecified atom stereocenters. The molecule has 0 spiro atoms. The molecule has 18 heavy (non-hydrogen) atoms. The topological polar surface area (TPSA) is 51.0 Å². The van der Waals surface area contributed by atoms with Gasteiger partial charge in [-0.1, -0.05) is 24.2 Å². The number of nitrogens with one attached hydrogen (secondary N) is 1. The molecule has 1 N–H and O–H groups in total. The van der Waals surface area contributed by atoms with Crippen LogP contribution in [0.5, 0.6) is 0 Å². The second-order valence-electron chi connectivity index (χ2n) is 4.33. The lowest BCUT2D eigenvalue weighted by Crippen LogP contribution is -2.27. The van der Waals surface area contributed by atoms with Gasteiger partial charge in [-0.3, -0.25) is 0 Å². The van der Waals surface area contributed by atoms with Gasteiger partial charge in [0.15, 0.2) is 0 Å². The predicted molar refractivity (Wildman–Crippen MR) is 66.6 cm³/mol. The average molecular weight is 249 g/mol. The highest BCUT2D eigenvalue weighted by Crippen LogP contribution is 2.22. The van der Waals surface area contributed by atoms with Gasteiger partial charge < -0.3 is 9.84 Å². The third-order valence-corrected chi connectivity index (χ3v) is 3.12. The molecule has 1 heterocycles. The fourth-order valence-corrected chi connectivity index (χ4v) is 1.63. The van der Waals surface area contributed by atoms with Crippen molar-refractivity contribution in [2.45, 2.75) is 25.8 Å². The van der Waals surface area contributed by atoms with Crippen LogP contribution < -0.4 is 5.32 Å². The minimum absolute atomic E-state index is 0.102. The first kappa shape index (κ1) is 12.7. The van der Waals surface area contributed by atoms with Crippen molar-refractivity contribution in [1.82, 2.24) is 15.5 Å². The highest BCUT2D eigenvalue weighted by atomic mass is 19.1. The van der Waals surface area contributed by atoms with E-state index in [4.69, 9.17) is 4.52 Å². The summed E-state index contributed by atoms with van der Waals surface area (Å²) < 4.78 is 18.3. The van der Waals surface area contributed by atoms with Gasteiger partial charge in [0.1, 0.15) is 5.82 Å². The van der Waals surface area contributed by atoms with E-state index in [-0.39, 0.29) is 17.8 Å². The van der Waals surface area contributed by atoms with E-state index in [1.807, 2.05) is 20.9 Å². The molecule has 0 aliphatic rings. The summed E-state index contributed by atoms with van der Waals surface area (Å²) in [7, 11) is 1.88. The molecular weight excluding hydrogens is 233 g/mol. The zero-order valence-electron chi connectivity index (χ0n) is 10.6. The molecule has 2 aromatic rings. The minimum Gasteiger partial charge on any atom is -0.339 e. The lowest BCUT2D eigenvalue weighted by atomic mass is 10.0. The fraction of sp³-hybridized carbons (Fsp3) is 0.385. The Morgan fingerprint density at radius 2 is 2.11 bits per heavy atom. The van der Waals surface area contributed by atoms with Crippen molar-refractivity contribution >= 4 is 0 Å². The van der Waals surface area contributed by atoms with Crippen molar-refractivity contribution in [2.24, 2.45) is 0 Å². The van der Waals surface area contributed by atoms with Crippen molar-refractivity contribution in [3.8, 4) is 11.4 Å². The molecule has 0 aliphatic carbocycles. The Morgan fingerprint density at radius 3 is 2.78 bits per heavy atom. The van der Waals surface area contributed by atoms with E-state index in [1.165, 1.54) is 12.1 Å². The summed E-state index contributed by atoms with van der Waals surface area (Å²) in [6.45, 7) is 4.04. The summed E-state index contributed by atoms with van der Waals surface area (Å²) in [6.07, 6.45) is 0. The Bertz CT molecular complexity index is 526. The Kier molecular flexibility index (Phi) is 3.72. The fourth-order valence-electron chi connectivity index (χ4n) is 1.63. The Labute approximate surface area is 105 Å². The monoisotopic (exact) mass is 249 g/mol. The maximum absolute atomic E-state index is 13.1. The first-order valence-electron chi connectivity index (χ1n) is 5.88. The molecule has 4 nitrogen and oxygen atoms in total. The number of rotatable bonds is 4. The summed E-state index contributed by atoms with van der Waals surface area (Å²) in [5, 5.41) is 7.02. The van der Waals surface area contributed by atoms with Gasteiger partial charge in [-0.15, -0.1) is 0 Å². The molecule has 1 aromatic heterocycles. The van der Waals surface area contributed by atoms with Crippen LogP contribution in [0, 0.1) is 5.82 Å². The van der Waals surface area contributed by atoms with Crippen LogP contribution in [0.1, 0.15) is 25.7 Å². The van der Waals surface area contributed by atoms with Gasteiger partial charge in [0.25, 0.3) is 0 Å². The Morgan fingerprint density at radius 1 is 1.33 bits per heavy atom. The van der Waals surface area contributed by atoms with Crippen LogP contribution in [0.15, 0.2) is 28.8 Å². The normalized spacial score (nSPS) is 14.4. The summed E-state index contributed by atoms with van der Waals surface area (Å²) in [5.41, 5.74) is 0.620. The molecule has 0 fully saturated rings. The van der Waals surface area contributed by atoms with E-state index >= 15 is 0 Å². The highest BCUT2D eigenvalue weighted by molar-refractivity contribution is 5.53. The van der Waals surface area contributed by atoms with Crippen LogP contribution in [-0.2, 0) is 0 Å². The van der Waals surface area contributed by atoms with Crippen LogP contribution in [0.3, 0.4) is 0 Å². The second kappa shape index (κ2) is 5.27. The molecule has 0 radical (unpaired) electrons. The Hall–Kier alpha value is -1.75. The smallest absolute Gasteiger partial charge is 0.231 e. The number of benzene rings is 1. The predicted octanol–water partition coefficient (Wildman–Crippen LogP) is 2.59. The van der Waals surface area contributed by atoms with Crippen LogP contribution in [0.4, 0.5) is 4.39 Å². The summed E-state index contributed by atoms with van der Waals surface area (Å²) in [4.78, 5) is 4.31.